The average molecular weight is 450 g/mol. The number of ether oxygens (including phenoxy) is 1. The fraction of sp³-hybridized carbons (Fsp3) is 0.333. The molecule has 1 unspecified atom stereocenters. The topological polar surface area (TPSA) is 120 Å². The largest absolute Gasteiger partial charge is 0.482 e. The van der Waals surface area contributed by atoms with Crippen LogP contribution in [0.3, 0.4) is 0 Å². The van der Waals surface area contributed by atoms with Crippen LogP contribution in [-0.4, -0.2) is 51.6 Å². The van der Waals surface area contributed by atoms with E-state index >= 15 is 0 Å². The lowest BCUT2D eigenvalue weighted by Crippen LogP contribution is -2.39. The highest BCUT2D eigenvalue weighted by atomic mass is 16.5. The van der Waals surface area contributed by atoms with Crippen LogP contribution in [0, 0.1) is 0 Å². The smallest absolute Gasteiger partial charge is 0.303 e. The molecule has 0 bridgehead atoms. The van der Waals surface area contributed by atoms with Crippen molar-refractivity contribution in [2.75, 3.05) is 29.9 Å². The molecule has 1 aliphatic heterocycles. The van der Waals surface area contributed by atoms with Gasteiger partial charge >= 0.3 is 5.97 Å². The minimum Gasteiger partial charge on any atom is -0.482 e. The number of rotatable bonds is 11. The first-order valence-corrected chi connectivity index (χ1v) is 11.0. The number of H-pyrrole nitrogens is 1. The van der Waals surface area contributed by atoms with Gasteiger partial charge in [-0.1, -0.05) is 12.1 Å². The number of aromatic nitrogens is 3. The number of carbonyl (C=O) groups excluding carboxylic acids is 1. The van der Waals surface area contributed by atoms with E-state index in [1.807, 2.05) is 30.3 Å². The molecule has 3 heterocycles. The summed E-state index contributed by atoms with van der Waals surface area (Å²) in [6.45, 7) is 1.37. The summed E-state index contributed by atoms with van der Waals surface area (Å²) in [5.74, 6) is 0.283. The molecule has 1 amide bonds. The van der Waals surface area contributed by atoms with Gasteiger partial charge < -0.3 is 25.0 Å². The van der Waals surface area contributed by atoms with Crippen LogP contribution in [0.15, 0.2) is 55.1 Å². The molecular weight excluding hydrogens is 422 g/mol. The van der Waals surface area contributed by atoms with E-state index in [-0.39, 0.29) is 24.9 Å². The summed E-state index contributed by atoms with van der Waals surface area (Å²) in [6.07, 6.45) is 9.13. The van der Waals surface area contributed by atoms with Crippen LogP contribution in [0.2, 0.25) is 0 Å². The molecule has 0 radical (unpaired) electrons. The number of benzene rings is 1. The summed E-state index contributed by atoms with van der Waals surface area (Å²) in [7, 11) is 0. The molecule has 0 saturated heterocycles. The molecule has 1 aromatic carbocycles. The molecule has 3 aromatic rings. The van der Waals surface area contributed by atoms with E-state index in [0.29, 0.717) is 18.7 Å². The second-order valence-electron chi connectivity index (χ2n) is 7.99. The monoisotopic (exact) mass is 449 g/mol. The van der Waals surface area contributed by atoms with E-state index in [2.05, 4.69) is 20.3 Å². The summed E-state index contributed by atoms with van der Waals surface area (Å²) in [5.41, 5.74) is 2.60. The van der Waals surface area contributed by atoms with Crippen molar-refractivity contribution in [2.24, 2.45) is 0 Å². The van der Waals surface area contributed by atoms with Crippen molar-refractivity contribution in [1.29, 1.82) is 0 Å². The predicted octanol–water partition coefficient (Wildman–Crippen LogP) is 3.22. The number of fused-ring (bicyclic) bond motifs is 1. The summed E-state index contributed by atoms with van der Waals surface area (Å²) in [4.78, 5) is 36.9. The lowest BCUT2D eigenvalue weighted by atomic mass is 9.90. The molecule has 9 heteroatoms. The number of amides is 1. The number of carbonyl (C=O) groups is 2. The van der Waals surface area contributed by atoms with Crippen LogP contribution in [0.5, 0.6) is 5.75 Å². The Morgan fingerprint density at radius 1 is 1.27 bits per heavy atom. The zero-order valence-corrected chi connectivity index (χ0v) is 18.2. The first kappa shape index (κ1) is 22.3. The number of hydrogen-bond acceptors (Lipinski definition) is 6. The second-order valence-corrected chi connectivity index (χ2v) is 7.99. The summed E-state index contributed by atoms with van der Waals surface area (Å²) in [5, 5.41) is 12.6. The summed E-state index contributed by atoms with van der Waals surface area (Å²) >= 11 is 0. The molecule has 4 rings (SSSR count). The highest BCUT2D eigenvalue weighted by Gasteiger charge is 2.26. The Labute approximate surface area is 191 Å². The Kier molecular flexibility index (Phi) is 7.19. The molecule has 9 nitrogen and oxygen atoms in total. The molecule has 1 aliphatic rings. The number of nitrogens with zero attached hydrogens (tertiary/aromatic N) is 3. The number of hydrogen-bond donors (Lipinski definition) is 3. The number of pyridine rings is 1. The molecule has 0 saturated carbocycles. The maximum absolute atomic E-state index is 12.5. The lowest BCUT2D eigenvalue weighted by Gasteiger charge is -2.30. The number of aromatic amines is 1. The number of unbranched alkanes of at least 4 members (excludes halogenated alkanes) is 1. The summed E-state index contributed by atoms with van der Waals surface area (Å²) in [6, 6.07) is 9.46. The van der Waals surface area contributed by atoms with Crippen molar-refractivity contribution in [3.8, 4) is 5.75 Å². The predicted molar refractivity (Wildman–Crippen MR) is 124 cm³/mol. The lowest BCUT2D eigenvalue weighted by molar-refractivity contribution is -0.137. The second kappa shape index (κ2) is 10.6. The van der Waals surface area contributed by atoms with Crippen molar-refractivity contribution in [1.82, 2.24) is 15.0 Å². The Hall–Kier alpha value is -3.88. The van der Waals surface area contributed by atoms with Crippen LogP contribution in [0.25, 0.3) is 0 Å². The van der Waals surface area contributed by atoms with Gasteiger partial charge in [0.1, 0.15) is 5.75 Å². The third-order valence-corrected chi connectivity index (χ3v) is 5.63. The molecule has 0 aliphatic carbocycles. The molecule has 33 heavy (non-hydrogen) atoms. The maximum Gasteiger partial charge on any atom is 0.303 e. The standard InChI is InChI=1S/C24H27N5O4/c30-22-16-33-21-13-17(12-19(14-23(31)32)18-4-3-7-25-15-18)5-6-20(21)29(22)11-2-1-8-26-24-27-9-10-28-24/h3-7,9-10,13,15,19H,1-2,8,11-12,14,16H2,(H,31,32)(H2,26,27,28). The number of imidazole rings is 1. The first-order valence-electron chi connectivity index (χ1n) is 11.0. The van der Waals surface area contributed by atoms with Crippen molar-refractivity contribution in [3.05, 3.63) is 66.2 Å². The van der Waals surface area contributed by atoms with Gasteiger partial charge in [0, 0.05) is 37.9 Å². The third kappa shape index (κ3) is 5.88. The van der Waals surface area contributed by atoms with E-state index in [0.717, 1.165) is 42.1 Å². The molecule has 2 aromatic heterocycles. The molecule has 3 N–H and O–H groups in total. The molecule has 0 spiro atoms. The minimum atomic E-state index is -0.851. The van der Waals surface area contributed by atoms with Crippen molar-refractivity contribution in [2.45, 2.75) is 31.6 Å². The number of carboxylic acid groups (broad SMARTS) is 1. The van der Waals surface area contributed by atoms with Crippen molar-refractivity contribution >= 4 is 23.5 Å². The Bertz CT molecular complexity index is 1070. The zero-order valence-electron chi connectivity index (χ0n) is 18.2. The van der Waals surface area contributed by atoms with Crippen molar-refractivity contribution in [3.63, 3.8) is 0 Å². The van der Waals surface area contributed by atoms with Gasteiger partial charge in [-0.05, 0) is 54.5 Å². The van der Waals surface area contributed by atoms with Gasteiger partial charge in [0.2, 0.25) is 0 Å². The van der Waals surface area contributed by atoms with E-state index < -0.39 is 5.97 Å². The van der Waals surface area contributed by atoms with E-state index in [4.69, 9.17) is 4.74 Å². The van der Waals surface area contributed by atoms with Crippen LogP contribution >= 0.6 is 0 Å². The van der Waals surface area contributed by atoms with Gasteiger partial charge in [-0.3, -0.25) is 14.6 Å². The maximum atomic E-state index is 12.5. The fourth-order valence-corrected chi connectivity index (χ4v) is 4.01. The van der Waals surface area contributed by atoms with Gasteiger partial charge in [-0.15, -0.1) is 0 Å². The van der Waals surface area contributed by atoms with Crippen LogP contribution in [0.1, 0.15) is 36.3 Å². The zero-order chi connectivity index (χ0) is 23.0. The minimum absolute atomic E-state index is 0.00224. The van der Waals surface area contributed by atoms with E-state index in [1.165, 1.54) is 0 Å². The normalized spacial score (nSPS) is 13.8. The molecule has 172 valence electrons. The Morgan fingerprint density at radius 2 is 2.18 bits per heavy atom. The molecule has 1 atom stereocenters. The van der Waals surface area contributed by atoms with Gasteiger partial charge in [0.15, 0.2) is 12.6 Å². The number of carboxylic acids is 1. The van der Waals surface area contributed by atoms with Crippen LogP contribution in [-0.2, 0) is 16.0 Å². The van der Waals surface area contributed by atoms with Gasteiger partial charge in [0.25, 0.3) is 5.91 Å². The quantitative estimate of drug-likeness (QED) is 0.384. The van der Waals surface area contributed by atoms with E-state index in [9.17, 15) is 14.7 Å². The number of aliphatic carboxylic acids is 1. The van der Waals surface area contributed by atoms with Gasteiger partial charge in [-0.2, -0.15) is 0 Å². The highest BCUT2D eigenvalue weighted by molar-refractivity contribution is 5.97. The number of nitrogens with one attached hydrogen (secondary N) is 2. The first-order chi connectivity index (χ1) is 16.1. The van der Waals surface area contributed by atoms with Gasteiger partial charge in [-0.25, -0.2) is 4.98 Å². The SMILES string of the molecule is O=C(O)CC(Cc1ccc2c(c1)OCC(=O)N2CCCCNc1ncc[nH]1)c1cccnc1. The molecule has 0 fully saturated rings. The third-order valence-electron chi connectivity index (χ3n) is 5.63. The summed E-state index contributed by atoms with van der Waals surface area (Å²) < 4.78 is 5.71. The van der Waals surface area contributed by atoms with Crippen LogP contribution < -0.4 is 15.0 Å². The molecular formula is C24H27N5O4. The average Bonchev–Trinajstić information content (AvgIpc) is 3.33. The van der Waals surface area contributed by atoms with E-state index in [1.54, 1.807) is 29.7 Å². The Morgan fingerprint density at radius 3 is 2.94 bits per heavy atom. The highest BCUT2D eigenvalue weighted by Crippen LogP contribution is 2.35. The van der Waals surface area contributed by atoms with Crippen molar-refractivity contribution < 1.29 is 19.4 Å². The Balaban J connectivity index is 1.40. The number of anilines is 2. The van der Waals surface area contributed by atoms with Gasteiger partial charge in [0.05, 0.1) is 12.1 Å². The van der Waals surface area contributed by atoms with Crippen LogP contribution in [0.4, 0.5) is 11.6 Å². The fourth-order valence-electron chi connectivity index (χ4n) is 4.01.